The number of nitrogens with zero attached hydrogens (tertiary/aromatic N) is 2. The predicted octanol–water partition coefficient (Wildman–Crippen LogP) is 2.19. The van der Waals surface area contributed by atoms with Crippen molar-refractivity contribution in [1.29, 1.82) is 0 Å². The number of aromatic nitrogens is 2. The minimum Gasteiger partial charge on any atom is -0.352 e. The molecule has 21 heavy (non-hydrogen) atoms. The average Bonchev–Trinajstić information content (AvgIpc) is 2.86. The van der Waals surface area contributed by atoms with Crippen molar-refractivity contribution < 1.29 is 4.79 Å². The third-order valence-corrected chi connectivity index (χ3v) is 4.32. The lowest BCUT2D eigenvalue weighted by atomic mass is 9.84. The van der Waals surface area contributed by atoms with E-state index in [-0.39, 0.29) is 24.4 Å². The number of carbonyl (C=O) groups is 1. The van der Waals surface area contributed by atoms with E-state index < -0.39 is 0 Å². The highest BCUT2D eigenvalue weighted by molar-refractivity contribution is 5.85. The number of halogens is 1. The average molecular weight is 315 g/mol. The fraction of sp³-hybridized carbons (Fsp3) is 0.733. The number of rotatable bonds is 5. The number of hydrogen-bond acceptors (Lipinski definition) is 3. The molecule has 0 saturated heterocycles. The van der Waals surface area contributed by atoms with E-state index in [1.165, 1.54) is 19.3 Å². The fourth-order valence-corrected chi connectivity index (χ4v) is 3.12. The van der Waals surface area contributed by atoms with Gasteiger partial charge in [0.1, 0.15) is 6.04 Å². The summed E-state index contributed by atoms with van der Waals surface area (Å²) >= 11 is 0. The van der Waals surface area contributed by atoms with Crippen LogP contribution in [0.25, 0.3) is 0 Å². The zero-order valence-corrected chi connectivity index (χ0v) is 13.9. The number of aryl methyl sites for hydroxylation is 1. The van der Waals surface area contributed by atoms with Crippen LogP contribution in [-0.2, 0) is 11.8 Å². The Bertz CT molecular complexity index is 449. The molecule has 0 aliphatic heterocycles. The van der Waals surface area contributed by atoms with Gasteiger partial charge in [-0.15, -0.1) is 12.4 Å². The van der Waals surface area contributed by atoms with Crippen molar-refractivity contribution in [3.63, 3.8) is 0 Å². The molecule has 0 spiro atoms. The molecule has 1 amide bonds. The molecule has 0 radical (unpaired) electrons. The van der Waals surface area contributed by atoms with Gasteiger partial charge in [-0.25, -0.2) is 0 Å². The van der Waals surface area contributed by atoms with Gasteiger partial charge < -0.3 is 10.6 Å². The van der Waals surface area contributed by atoms with Gasteiger partial charge in [-0.3, -0.25) is 9.48 Å². The van der Waals surface area contributed by atoms with Gasteiger partial charge in [0, 0.05) is 24.8 Å². The Kier molecular flexibility index (Phi) is 7.18. The molecule has 1 saturated carbocycles. The number of likely N-dealkylation sites (N-methyl/N-ethyl adjacent to an activating group) is 1. The SMILES string of the molecule is CCC1CCCC(NC(=O)C(NC)c2cnn(C)c2)C1.Cl. The normalized spacial score (nSPS) is 23.2. The summed E-state index contributed by atoms with van der Waals surface area (Å²) in [5.74, 6) is 0.822. The maximum Gasteiger partial charge on any atom is 0.242 e. The molecule has 3 atom stereocenters. The zero-order chi connectivity index (χ0) is 14.5. The van der Waals surface area contributed by atoms with Crippen LogP contribution in [0.15, 0.2) is 12.4 Å². The monoisotopic (exact) mass is 314 g/mol. The van der Waals surface area contributed by atoms with Crippen molar-refractivity contribution in [2.24, 2.45) is 13.0 Å². The summed E-state index contributed by atoms with van der Waals surface area (Å²) in [5.41, 5.74) is 0.912. The summed E-state index contributed by atoms with van der Waals surface area (Å²) in [5, 5.41) is 10.4. The van der Waals surface area contributed by atoms with Gasteiger partial charge >= 0.3 is 0 Å². The molecule has 0 aromatic carbocycles. The molecular weight excluding hydrogens is 288 g/mol. The maximum atomic E-state index is 12.4. The van der Waals surface area contributed by atoms with Crippen molar-refractivity contribution in [3.8, 4) is 0 Å². The molecule has 5 nitrogen and oxygen atoms in total. The molecule has 6 heteroatoms. The Morgan fingerprint density at radius 1 is 1.52 bits per heavy atom. The smallest absolute Gasteiger partial charge is 0.242 e. The summed E-state index contributed by atoms with van der Waals surface area (Å²) < 4.78 is 1.72. The molecule has 1 heterocycles. The number of amides is 1. The van der Waals surface area contributed by atoms with E-state index >= 15 is 0 Å². The molecule has 2 rings (SSSR count). The summed E-state index contributed by atoms with van der Waals surface area (Å²) in [4.78, 5) is 12.4. The van der Waals surface area contributed by atoms with Crippen LogP contribution in [0.4, 0.5) is 0 Å². The highest BCUT2D eigenvalue weighted by Crippen LogP contribution is 2.27. The van der Waals surface area contributed by atoms with Gasteiger partial charge in [-0.05, 0) is 25.8 Å². The quantitative estimate of drug-likeness (QED) is 0.876. The minimum absolute atomic E-state index is 0. The van der Waals surface area contributed by atoms with Gasteiger partial charge in [0.05, 0.1) is 6.20 Å². The highest BCUT2D eigenvalue weighted by Gasteiger charge is 2.26. The van der Waals surface area contributed by atoms with Crippen molar-refractivity contribution >= 4 is 18.3 Å². The fourth-order valence-electron chi connectivity index (χ4n) is 3.12. The maximum absolute atomic E-state index is 12.4. The number of carbonyl (C=O) groups excluding carboxylic acids is 1. The first-order valence-corrected chi connectivity index (χ1v) is 7.60. The standard InChI is InChI=1S/C15H26N4O.ClH/c1-4-11-6-5-7-13(8-11)18-15(20)14(16-2)12-9-17-19(3)10-12;/h9-11,13-14,16H,4-8H2,1-3H3,(H,18,20);1H. The first kappa shape index (κ1) is 18.0. The van der Waals surface area contributed by atoms with Gasteiger partial charge in [-0.2, -0.15) is 5.10 Å². The van der Waals surface area contributed by atoms with E-state index in [2.05, 4.69) is 22.7 Å². The third kappa shape index (κ3) is 4.71. The topological polar surface area (TPSA) is 59.0 Å². The number of hydrogen-bond donors (Lipinski definition) is 2. The molecule has 3 unspecified atom stereocenters. The zero-order valence-electron chi connectivity index (χ0n) is 13.1. The second-order valence-electron chi connectivity index (χ2n) is 5.82. The van der Waals surface area contributed by atoms with Gasteiger partial charge in [0.2, 0.25) is 5.91 Å². The van der Waals surface area contributed by atoms with Crippen molar-refractivity contribution in [1.82, 2.24) is 20.4 Å². The van der Waals surface area contributed by atoms with Crippen LogP contribution >= 0.6 is 12.4 Å². The van der Waals surface area contributed by atoms with Crippen LogP contribution in [0.2, 0.25) is 0 Å². The largest absolute Gasteiger partial charge is 0.352 e. The van der Waals surface area contributed by atoms with Gasteiger partial charge in [-0.1, -0.05) is 26.2 Å². The van der Waals surface area contributed by atoms with Crippen LogP contribution in [-0.4, -0.2) is 28.8 Å². The second kappa shape index (κ2) is 8.39. The van der Waals surface area contributed by atoms with Crippen molar-refractivity contribution in [3.05, 3.63) is 18.0 Å². The summed E-state index contributed by atoms with van der Waals surface area (Å²) in [6, 6.07) is 0.0134. The summed E-state index contributed by atoms with van der Waals surface area (Å²) in [7, 11) is 3.67. The molecule has 2 N–H and O–H groups in total. The predicted molar refractivity (Wildman–Crippen MR) is 86.4 cm³/mol. The van der Waals surface area contributed by atoms with E-state index in [0.29, 0.717) is 6.04 Å². The first-order valence-electron chi connectivity index (χ1n) is 7.60. The highest BCUT2D eigenvalue weighted by atomic mass is 35.5. The Labute approximate surface area is 133 Å². The Morgan fingerprint density at radius 3 is 2.86 bits per heavy atom. The van der Waals surface area contributed by atoms with Crippen LogP contribution in [0.3, 0.4) is 0 Å². The first-order chi connectivity index (χ1) is 9.63. The third-order valence-electron chi connectivity index (χ3n) is 4.32. The molecule has 1 aliphatic carbocycles. The lowest BCUT2D eigenvalue weighted by Gasteiger charge is -2.30. The van der Waals surface area contributed by atoms with E-state index in [0.717, 1.165) is 24.3 Å². The van der Waals surface area contributed by atoms with Crippen LogP contribution in [0.1, 0.15) is 50.6 Å². The van der Waals surface area contributed by atoms with Gasteiger partial charge in [0.15, 0.2) is 0 Å². The minimum atomic E-state index is -0.314. The summed E-state index contributed by atoms with van der Waals surface area (Å²) in [6.45, 7) is 2.24. The molecule has 1 fully saturated rings. The van der Waals surface area contributed by atoms with E-state index in [9.17, 15) is 4.79 Å². The lowest BCUT2D eigenvalue weighted by Crippen LogP contribution is -2.43. The van der Waals surface area contributed by atoms with Crippen LogP contribution in [0.5, 0.6) is 0 Å². The van der Waals surface area contributed by atoms with Crippen LogP contribution in [0, 0.1) is 5.92 Å². The van der Waals surface area contributed by atoms with Crippen molar-refractivity contribution in [2.45, 2.75) is 51.1 Å². The second-order valence-corrected chi connectivity index (χ2v) is 5.82. The summed E-state index contributed by atoms with van der Waals surface area (Å²) in [6.07, 6.45) is 9.59. The number of nitrogens with one attached hydrogen (secondary N) is 2. The molecular formula is C15H27ClN4O. The Hall–Kier alpha value is -1.07. The molecule has 1 aromatic rings. The van der Waals surface area contributed by atoms with E-state index in [1.54, 1.807) is 10.9 Å². The lowest BCUT2D eigenvalue weighted by molar-refractivity contribution is -0.124. The molecule has 0 bridgehead atoms. The van der Waals surface area contributed by atoms with E-state index in [1.807, 2.05) is 20.3 Å². The van der Waals surface area contributed by atoms with E-state index in [4.69, 9.17) is 0 Å². The van der Waals surface area contributed by atoms with Gasteiger partial charge in [0.25, 0.3) is 0 Å². The van der Waals surface area contributed by atoms with Crippen LogP contribution < -0.4 is 10.6 Å². The molecule has 1 aromatic heterocycles. The Balaban J connectivity index is 0.00000220. The molecule has 1 aliphatic rings. The molecule has 120 valence electrons. The van der Waals surface area contributed by atoms with Crippen molar-refractivity contribution in [2.75, 3.05) is 7.05 Å². The Morgan fingerprint density at radius 2 is 2.29 bits per heavy atom.